The Kier molecular flexibility index (Phi) is 8.57. The van der Waals surface area contributed by atoms with E-state index in [-0.39, 0.29) is 17.2 Å². The van der Waals surface area contributed by atoms with Gasteiger partial charge in [-0.05, 0) is 63.1 Å². The van der Waals surface area contributed by atoms with Crippen LogP contribution in [0, 0.1) is 17.1 Å². The summed E-state index contributed by atoms with van der Waals surface area (Å²) in [5.41, 5.74) is 1.09. The van der Waals surface area contributed by atoms with Crippen molar-refractivity contribution < 1.29 is 23.5 Å². The lowest BCUT2D eigenvalue weighted by Crippen LogP contribution is -2.39. The number of fused-ring (bicyclic) bond motifs is 1. The number of carbonyl (C=O) groups excluding carboxylic acids is 3. The monoisotopic (exact) mass is 566 g/mol. The molecule has 0 bridgehead atoms. The van der Waals surface area contributed by atoms with Crippen LogP contribution in [0.25, 0.3) is 0 Å². The van der Waals surface area contributed by atoms with Crippen molar-refractivity contribution in [3.8, 4) is 6.07 Å². The molecular weight excluding hydrogens is 539 g/mol. The molecule has 0 saturated heterocycles. The molecule has 0 atom stereocenters. The van der Waals surface area contributed by atoms with Crippen molar-refractivity contribution in [2.24, 2.45) is 0 Å². The van der Waals surface area contributed by atoms with Gasteiger partial charge in [0.05, 0.1) is 23.4 Å². The molecule has 39 heavy (non-hydrogen) atoms. The zero-order valence-corrected chi connectivity index (χ0v) is 23.3. The minimum atomic E-state index is -0.609. The highest BCUT2D eigenvalue weighted by atomic mass is 32.2. The van der Waals surface area contributed by atoms with Gasteiger partial charge in [0.2, 0.25) is 5.91 Å². The second-order valence-corrected chi connectivity index (χ2v) is 11.9. The summed E-state index contributed by atoms with van der Waals surface area (Å²) < 4.78 is 19.4. The van der Waals surface area contributed by atoms with Crippen molar-refractivity contribution in [2.45, 2.75) is 44.2 Å². The summed E-state index contributed by atoms with van der Waals surface area (Å²) in [6.07, 6.45) is 0.0960. The van der Waals surface area contributed by atoms with E-state index in [2.05, 4.69) is 16.7 Å². The van der Waals surface area contributed by atoms with E-state index in [0.29, 0.717) is 35.8 Å². The van der Waals surface area contributed by atoms with E-state index in [1.165, 1.54) is 41.3 Å². The van der Waals surface area contributed by atoms with E-state index in [9.17, 15) is 24.0 Å². The standard InChI is InChI=1S/C28H27FN4O4S2/c1-28(2,3)37-27(36)33-12-11-19-21(14-30)26(39-23(19)15-33)32-24(34)16-38-18-8-6-7-17(13-18)31-25(35)20-9-4-5-10-22(20)29/h4-10,13H,11-12,15-16H2,1-3H3,(H,31,35)(H,32,34). The number of carbonyl (C=O) groups is 3. The topological polar surface area (TPSA) is 112 Å². The minimum absolute atomic E-state index is 0.0592. The highest BCUT2D eigenvalue weighted by molar-refractivity contribution is 8.00. The van der Waals surface area contributed by atoms with Crippen molar-refractivity contribution in [1.29, 1.82) is 5.26 Å². The van der Waals surface area contributed by atoms with Crippen molar-refractivity contribution in [1.82, 2.24) is 4.90 Å². The molecule has 2 aromatic carbocycles. The Balaban J connectivity index is 1.36. The molecule has 0 radical (unpaired) electrons. The normalized spacial score (nSPS) is 12.7. The van der Waals surface area contributed by atoms with E-state index < -0.39 is 23.4 Å². The number of rotatable bonds is 6. The first-order valence-electron chi connectivity index (χ1n) is 12.1. The Morgan fingerprint density at radius 1 is 1.15 bits per heavy atom. The van der Waals surface area contributed by atoms with E-state index in [4.69, 9.17) is 4.74 Å². The van der Waals surface area contributed by atoms with Crippen LogP contribution in [0.5, 0.6) is 0 Å². The number of nitrogens with one attached hydrogen (secondary N) is 2. The van der Waals surface area contributed by atoms with Crippen LogP contribution < -0.4 is 10.6 Å². The van der Waals surface area contributed by atoms with Crippen molar-refractivity contribution >= 4 is 51.7 Å². The van der Waals surface area contributed by atoms with Gasteiger partial charge in [-0.25, -0.2) is 9.18 Å². The zero-order chi connectivity index (χ0) is 28.2. The molecule has 2 N–H and O–H groups in total. The molecular formula is C28H27FN4O4S2. The van der Waals surface area contributed by atoms with Crippen LogP contribution in [0.1, 0.15) is 47.1 Å². The van der Waals surface area contributed by atoms with Gasteiger partial charge < -0.3 is 20.3 Å². The number of hydrogen-bond acceptors (Lipinski definition) is 7. The van der Waals surface area contributed by atoms with Gasteiger partial charge >= 0.3 is 6.09 Å². The molecule has 0 saturated carbocycles. The number of nitrogens with zero attached hydrogens (tertiary/aromatic N) is 2. The summed E-state index contributed by atoms with van der Waals surface area (Å²) in [4.78, 5) is 40.8. The fourth-order valence-corrected chi connectivity index (χ4v) is 5.90. The fraction of sp³-hybridized carbons (Fsp3) is 0.286. The molecule has 0 unspecified atom stereocenters. The van der Waals surface area contributed by atoms with Gasteiger partial charge in [-0.2, -0.15) is 5.26 Å². The first kappa shape index (κ1) is 28.1. The number of anilines is 2. The average molecular weight is 567 g/mol. The number of thioether (sulfide) groups is 1. The average Bonchev–Trinajstić information content (AvgIpc) is 3.22. The predicted molar refractivity (Wildman–Crippen MR) is 150 cm³/mol. The van der Waals surface area contributed by atoms with Crippen LogP contribution >= 0.6 is 23.1 Å². The van der Waals surface area contributed by atoms with Crippen molar-refractivity contribution in [3.05, 3.63) is 75.9 Å². The molecule has 11 heteroatoms. The van der Waals surface area contributed by atoms with E-state index >= 15 is 0 Å². The van der Waals surface area contributed by atoms with E-state index in [1.807, 2.05) is 20.8 Å². The predicted octanol–water partition coefficient (Wildman–Crippen LogP) is 6.04. The number of benzene rings is 2. The highest BCUT2D eigenvalue weighted by Gasteiger charge is 2.30. The maximum atomic E-state index is 13.9. The molecule has 2 heterocycles. The molecule has 1 aliphatic rings. The van der Waals surface area contributed by atoms with Crippen LogP contribution in [0.15, 0.2) is 53.4 Å². The number of amides is 3. The van der Waals surface area contributed by atoms with Gasteiger partial charge in [-0.15, -0.1) is 23.1 Å². The van der Waals surface area contributed by atoms with Gasteiger partial charge in [0.15, 0.2) is 0 Å². The Hall–Kier alpha value is -3.88. The van der Waals surface area contributed by atoms with Crippen LogP contribution in [0.2, 0.25) is 0 Å². The minimum Gasteiger partial charge on any atom is -0.444 e. The molecule has 0 fully saturated rings. The molecule has 202 valence electrons. The number of hydrogen-bond donors (Lipinski definition) is 2. The number of halogens is 1. The summed E-state index contributed by atoms with van der Waals surface area (Å²) in [5.74, 6) is -1.40. The summed E-state index contributed by atoms with van der Waals surface area (Å²) >= 11 is 2.55. The van der Waals surface area contributed by atoms with E-state index in [1.54, 1.807) is 35.2 Å². The van der Waals surface area contributed by atoms with Gasteiger partial charge in [0, 0.05) is 22.0 Å². The second-order valence-electron chi connectivity index (χ2n) is 9.77. The van der Waals surface area contributed by atoms with Gasteiger partial charge in [-0.1, -0.05) is 18.2 Å². The Labute approximate surface area is 234 Å². The van der Waals surface area contributed by atoms with Crippen LogP contribution in [0.4, 0.5) is 19.9 Å². The lowest BCUT2D eigenvalue weighted by Gasteiger charge is -2.29. The largest absolute Gasteiger partial charge is 0.444 e. The van der Waals surface area contributed by atoms with Crippen LogP contribution in [0.3, 0.4) is 0 Å². The van der Waals surface area contributed by atoms with Gasteiger partial charge in [0.1, 0.15) is 22.5 Å². The number of thiophene rings is 1. The summed E-state index contributed by atoms with van der Waals surface area (Å²) in [6, 6.07) is 14.8. The Morgan fingerprint density at radius 2 is 1.92 bits per heavy atom. The third kappa shape index (κ3) is 7.16. The highest BCUT2D eigenvalue weighted by Crippen LogP contribution is 2.37. The van der Waals surface area contributed by atoms with Crippen LogP contribution in [-0.4, -0.2) is 40.7 Å². The van der Waals surface area contributed by atoms with Gasteiger partial charge in [0.25, 0.3) is 5.91 Å². The second kappa shape index (κ2) is 11.9. The lowest BCUT2D eigenvalue weighted by atomic mass is 10.0. The van der Waals surface area contributed by atoms with Gasteiger partial charge in [-0.3, -0.25) is 9.59 Å². The smallest absolute Gasteiger partial charge is 0.410 e. The fourth-order valence-electron chi connectivity index (χ4n) is 3.91. The first-order chi connectivity index (χ1) is 18.5. The lowest BCUT2D eigenvalue weighted by molar-refractivity contribution is -0.113. The van der Waals surface area contributed by atoms with Crippen molar-refractivity contribution in [2.75, 3.05) is 22.9 Å². The third-order valence-corrected chi connectivity index (χ3v) is 7.78. The third-order valence-electron chi connectivity index (χ3n) is 5.65. The number of nitriles is 1. The van der Waals surface area contributed by atoms with E-state index in [0.717, 1.165) is 15.3 Å². The molecule has 0 aliphatic carbocycles. The summed E-state index contributed by atoms with van der Waals surface area (Å²) in [7, 11) is 0. The Morgan fingerprint density at radius 3 is 2.64 bits per heavy atom. The molecule has 3 amide bonds. The summed E-state index contributed by atoms with van der Waals surface area (Å²) in [5, 5.41) is 15.7. The molecule has 8 nitrogen and oxygen atoms in total. The van der Waals surface area contributed by atoms with Crippen molar-refractivity contribution in [3.63, 3.8) is 0 Å². The first-order valence-corrected chi connectivity index (χ1v) is 14.0. The molecule has 1 aromatic heterocycles. The SMILES string of the molecule is CC(C)(C)OC(=O)N1CCc2c(sc(NC(=O)CSc3cccc(NC(=O)c4ccccc4F)c3)c2C#N)C1. The zero-order valence-electron chi connectivity index (χ0n) is 21.7. The maximum Gasteiger partial charge on any atom is 0.410 e. The molecule has 3 aromatic rings. The molecule has 0 spiro atoms. The number of ether oxygens (including phenoxy) is 1. The Bertz CT molecular complexity index is 1460. The summed E-state index contributed by atoms with van der Waals surface area (Å²) in [6.45, 7) is 6.18. The molecule has 4 rings (SSSR count). The maximum absolute atomic E-state index is 13.9. The van der Waals surface area contributed by atoms with Crippen LogP contribution in [-0.2, 0) is 22.5 Å². The quantitative estimate of drug-likeness (QED) is 0.352. The molecule has 1 aliphatic heterocycles.